The van der Waals surface area contributed by atoms with Gasteiger partial charge in [0.15, 0.2) is 0 Å². The lowest BCUT2D eigenvalue weighted by molar-refractivity contribution is 0.102. The summed E-state index contributed by atoms with van der Waals surface area (Å²) in [7, 11) is -0.818. The number of nitrogens with zero attached hydrogens (tertiary/aromatic N) is 3. The van der Waals surface area contributed by atoms with Gasteiger partial charge in [-0.2, -0.15) is 4.31 Å². The van der Waals surface area contributed by atoms with Gasteiger partial charge in [-0.25, -0.2) is 13.2 Å². The number of benzene rings is 2. The Morgan fingerprint density at radius 1 is 1.03 bits per heavy atom. The van der Waals surface area contributed by atoms with E-state index in [-0.39, 0.29) is 4.90 Å². The number of carbonyl (C=O) groups excluding carboxylic acids is 2. The lowest BCUT2D eigenvalue weighted by Crippen LogP contribution is -2.31. The second-order valence-electron chi connectivity index (χ2n) is 7.99. The zero-order valence-corrected chi connectivity index (χ0v) is 20.9. The molecule has 1 heterocycles. The first-order chi connectivity index (χ1) is 16.2. The van der Waals surface area contributed by atoms with Crippen molar-refractivity contribution in [3.05, 3.63) is 48.0 Å². The summed E-state index contributed by atoms with van der Waals surface area (Å²) in [5.41, 5.74) is 2.16. The number of hydrogen-bond donors (Lipinski definition) is 1. The molecule has 3 rings (SSSR count). The van der Waals surface area contributed by atoms with Crippen molar-refractivity contribution >= 4 is 39.1 Å². The van der Waals surface area contributed by atoms with Crippen molar-refractivity contribution in [2.75, 3.05) is 55.5 Å². The van der Waals surface area contributed by atoms with E-state index in [1.807, 2.05) is 0 Å². The molecule has 34 heavy (non-hydrogen) atoms. The maximum atomic E-state index is 13.3. The van der Waals surface area contributed by atoms with Crippen LogP contribution in [-0.4, -0.2) is 65.1 Å². The summed E-state index contributed by atoms with van der Waals surface area (Å²) in [5, 5.41) is 2.86. The van der Waals surface area contributed by atoms with Crippen molar-refractivity contribution < 1.29 is 22.7 Å². The molecule has 2 aromatic carbocycles. The first kappa shape index (κ1) is 25.5. The summed E-state index contributed by atoms with van der Waals surface area (Å²) in [6.45, 7) is 5.90. The number of rotatable bonds is 8. The fourth-order valence-electron chi connectivity index (χ4n) is 4.01. The first-order valence-corrected chi connectivity index (χ1v) is 12.8. The number of anilines is 3. The predicted molar refractivity (Wildman–Crippen MR) is 133 cm³/mol. The molecule has 1 N–H and O–H groups in total. The van der Waals surface area contributed by atoms with Crippen molar-refractivity contribution in [1.82, 2.24) is 4.31 Å². The summed E-state index contributed by atoms with van der Waals surface area (Å²) >= 11 is 0. The van der Waals surface area contributed by atoms with Gasteiger partial charge >= 0.3 is 6.09 Å². The van der Waals surface area contributed by atoms with Crippen LogP contribution in [0.3, 0.4) is 0 Å². The van der Waals surface area contributed by atoms with Gasteiger partial charge in [0.2, 0.25) is 10.0 Å². The van der Waals surface area contributed by atoms with Crippen LogP contribution in [0.2, 0.25) is 0 Å². The lowest BCUT2D eigenvalue weighted by Gasteiger charge is -2.23. The highest BCUT2D eigenvalue weighted by Gasteiger charge is 2.26. The van der Waals surface area contributed by atoms with Crippen molar-refractivity contribution in [2.24, 2.45) is 0 Å². The zero-order valence-electron chi connectivity index (χ0n) is 20.1. The highest BCUT2D eigenvalue weighted by atomic mass is 32.2. The SMILES string of the molecule is CCN(CC)S(=O)(=O)c1ccc(N2CCCC2)c(C(=O)Nc2ccc(N(C)C(=O)OC)cc2)c1. The molecular weight excluding hydrogens is 456 g/mol. The number of ether oxygens (including phenoxy) is 1. The van der Waals surface area contributed by atoms with Crippen LogP contribution in [0.25, 0.3) is 0 Å². The Kier molecular flexibility index (Phi) is 8.16. The van der Waals surface area contributed by atoms with Crippen LogP contribution in [0.15, 0.2) is 47.4 Å². The number of sulfonamides is 1. The molecule has 0 spiro atoms. The van der Waals surface area contributed by atoms with E-state index in [4.69, 9.17) is 4.74 Å². The Bertz CT molecular complexity index is 1120. The van der Waals surface area contributed by atoms with Crippen LogP contribution >= 0.6 is 0 Å². The summed E-state index contributed by atoms with van der Waals surface area (Å²) in [6, 6.07) is 11.5. The monoisotopic (exact) mass is 488 g/mol. The summed E-state index contributed by atoms with van der Waals surface area (Å²) in [5.74, 6) is -0.396. The Hall–Kier alpha value is -3.11. The minimum atomic E-state index is -3.71. The van der Waals surface area contributed by atoms with Gasteiger partial charge < -0.3 is 15.0 Å². The Labute approximate surface area is 201 Å². The van der Waals surface area contributed by atoms with Crippen molar-refractivity contribution in [3.8, 4) is 0 Å². The Morgan fingerprint density at radius 3 is 2.21 bits per heavy atom. The molecule has 184 valence electrons. The van der Waals surface area contributed by atoms with Gasteiger partial charge in [-0.3, -0.25) is 9.69 Å². The van der Waals surface area contributed by atoms with E-state index in [0.717, 1.165) is 31.6 Å². The standard InChI is InChI=1S/C24H32N4O5S/c1-5-28(6-2)34(31,32)20-13-14-22(27-15-7-8-16-27)21(17-20)23(29)25-18-9-11-19(12-10-18)26(3)24(30)33-4/h9-14,17H,5-8,15-16H2,1-4H3,(H,25,29). The molecule has 0 bridgehead atoms. The largest absolute Gasteiger partial charge is 0.452 e. The van der Waals surface area contributed by atoms with Crippen LogP contribution in [0, 0.1) is 0 Å². The van der Waals surface area contributed by atoms with Crippen LogP contribution in [0.1, 0.15) is 37.0 Å². The molecule has 10 heteroatoms. The topological polar surface area (TPSA) is 99.3 Å². The molecule has 2 amide bonds. The number of amides is 2. The normalized spacial score (nSPS) is 13.7. The van der Waals surface area contributed by atoms with Crippen molar-refractivity contribution in [3.63, 3.8) is 0 Å². The van der Waals surface area contributed by atoms with Gasteiger partial charge in [0.25, 0.3) is 5.91 Å². The van der Waals surface area contributed by atoms with Crippen molar-refractivity contribution in [1.29, 1.82) is 0 Å². The maximum Gasteiger partial charge on any atom is 0.413 e. The summed E-state index contributed by atoms with van der Waals surface area (Å²) in [6.07, 6.45) is 1.55. The molecular formula is C24H32N4O5S. The highest BCUT2D eigenvalue weighted by molar-refractivity contribution is 7.89. The molecule has 1 saturated heterocycles. The molecule has 9 nitrogen and oxygen atoms in total. The second-order valence-corrected chi connectivity index (χ2v) is 9.93. The Morgan fingerprint density at radius 2 is 1.65 bits per heavy atom. The fraction of sp³-hybridized carbons (Fsp3) is 0.417. The van der Waals surface area contributed by atoms with Crippen molar-refractivity contribution in [2.45, 2.75) is 31.6 Å². The minimum absolute atomic E-state index is 0.0966. The molecule has 0 aliphatic carbocycles. The van der Waals surface area contributed by atoms with Crippen LogP contribution < -0.4 is 15.1 Å². The zero-order chi connectivity index (χ0) is 24.9. The molecule has 0 radical (unpaired) electrons. The van der Waals surface area contributed by atoms with E-state index >= 15 is 0 Å². The van der Waals surface area contributed by atoms with Gasteiger partial charge in [0, 0.05) is 50.3 Å². The van der Waals surface area contributed by atoms with Crippen LogP contribution in [0.4, 0.5) is 21.9 Å². The number of methoxy groups -OCH3 is 1. The average molecular weight is 489 g/mol. The van der Waals surface area contributed by atoms with E-state index in [1.165, 1.54) is 22.4 Å². The van der Waals surface area contributed by atoms with E-state index in [0.29, 0.717) is 30.0 Å². The third-order valence-electron chi connectivity index (χ3n) is 5.96. The van der Waals surface area contributed by atoms with Gasteiger partial charge in [0.05, 0.1) is 17.6 Å². The van der Waals surface area contributed by atoms with Gasteiger partial charge in [-0.1, -0.05) is 13.8 Å². The van der Waals surface area contributed by atoms with E-state index in [9.17, 15) is 18.0 Å². The predicted octanol–water partition coefficient (Wildman–Crippen LogP) is 3.77. The first-order valence-electron chi connectivity index (χ1n) is 11.3. The highest BCUT2D eigenvalue weighted by Crippen LogP contribution is 2.29. The second kappa shape index (κ2) is 10.9. The van der Waals surface area contributed by atoms with Gasteiger partial charge in [0.1, 0.15) is 0 Å². The maximum absolute atomic E-state index is 13.3. The third-order valence-corrected chi connectivity index (χ3v) is 8.01. The molecule has 1 aliphatic rings. The number of nitrogens with one attached hydrogen (secondary N) is 1. The van der Waals surface area contributed by atoms with E-state index < -0.39 is 22.0 Å². The molecule has 2 aromatic rings. The Balaban J connectivity index is 1.93. The fourth-order valence-corrected chi connectivity index (χ4v) is 5.50. The average Bonchev–Trinajstić information content (AvgIpc) is 3.38. The summed E-state index contributed by atoms with van der Waals surface area (Å²) < 4.78 is 32.2. The number of carbonyl (C=O) groups is 2. The quantitative estimate of drug-likeness (QED) is 0.607. The smallest absolute Gasteiger partial charge is 0.413 e. The molecule has 1 aliphatic heterocycles. The molecule has 0 atom stereocenters. The van der Waals surface area contributed by atoms with E-state index in [2.05, 4.69) is 10.2 Å². The van der Waals surface area contributed by atoms with Crippen LogP contribution in [-0.2, 0) is 14.8 Å². The lowest BCUT2D eigenvalue weighted by atomic mass is 10.1. The van der Waals surface area contributed by atoms with Gasteiger partial charge in [-0.15, -0.1) is 0 Å². The number of hydrogen-bond acceptors (Lipinski definition) is 6. The molecule has 0 unspecified atom stereocenters. The van der Waals surface area contributed by atoms with E-state index in [1.54, 1.807) is 57.3 Å². The molecule has 0 aromatic heterocycles. The molecule has 0 saturated carbocycles. The molecule has 1 fully saturated rings. The van der Waals surface area contributed by atoms with Crippen LogP contribution in [0.5, 0.6) is 0 Å². The summed E-state index contributed by atoms with van der Waals surface area (Å²) in [4.78, 5) is 28.6. The van der Waals surface area contributed by atoms with Gasteiger partial charge in [-0.05, 0) is 55.3 Å². The third kappa shape index (κ3) is 5.34. The minimum Gasteiger partial charge on any atom is -0.452 e.